The van der Waals surface area contributed by atoms with Crippen LogP contribution in [0.4, 0.5) is 0 Å². The first-order valence-corrected chi connectivity index (χ1v) is 4.40. The van der Waals surface area contributed by atoms with E-state index in [0.29, 0.717) is 0 Å². The molecule has 0 aliphatic heterocycles. The van der Waals surface area contributed by atoms with Crippen LogP contribution in [0.25, 0.3) is 12.2 Å². The lowest BCUT2D eigenvalue weighted by Crippen LogP contribution is -1.72. The molecule has 1 N–H and O–H groups in total. The van der Waals surface area contributed by atoms with Crippen molar-refractivity contribution in [2.45, 2.75) is 20.8 Å². The van der Waals surface area contributed by atoms with Crippen LogP contribution < -0.4 is 0 Å². The molecule has 0 saturated carbocycles. The third-order valence-electron chi connectivity index (χ3n) is 1.12. The van der Waals surface area contributed by atoms with Crippen molar-refractivity contribution >= 4 is 12.2 Å². The van der Waals surface area contributed by atoms with Crippen molar-refractivity contribution in [3.05, 3.63) is 30.6 Å². The van der Waals surface area contributed by atoms with Crippen molar-refractivity contribution in [3.8, 4) is 0 Å². The van der Waals surface area contributed by atoms with E-state index < -0.39 is 0 Å². The van der Waals surface area contributed by atoms with Gasteiger partial charge in [-0.15, -0.1) is 0 Å². The minimum atomic E-state index is 0. The van der Waals surface area contributed by atoms with Crippen LogP contribution in [0.3, 0.4) is 0 Å². The van der Waals surface area contributed by atoms with Gasteiger partial charge in [-0.2, -0.15) is 5.10 Å². The molecular formula is C11H20N2. The summed E-state index contributed by atoms with van der Waals surface area (Å²) in [6.45, 7) is 13.7. The summed E-state index contributed by atoms with van der Waals surface area (Å²) in [6.07, 6.45) is 5.16. The minimum absolute atomic E-state index is 0. The van der Waals surface area contributed by atoms with Gasteiger partial charge in [0.2, 0.25) is 0 Å². The van der Waals surface area contributed by atoms with Crippen molar-refractivity contribution in [2.75, 3.05) is 0 Å². The topological polar surface area (TPSA) is 28.7 Å². The van der Waals surface area contributed by atoms with Crippen LogP contribution in [0.15, 0.2) is 19.4 Å². The molecule has 0 amide bonds. The standard InChI is InChI=1S/C7H8N2.C4H10.H2/c1-3-6-5-8-9-7(6)4-2;1-4(2)3;/h3-5H,1-2H2,(H,8,9);4H,1-3H3;1H. The molecule has 0 aromatic carbocycles. The SMILES string of the molecule is C=Cc1cn[nH]c1C=C.CC(C)C.[HH]. The minimum Gasteiger partial charge on any atom is -0.278 e. The summed E-state index contributed by atoms with van der Waals surface area (Å²) < 4.78 is 0. The van der Waals surface area contributed by atoms with Crippen molar-refractivity contribution in [1.82, 2.24) is 10.2 Å². The van der Waals surface area contributed by atoms with Crippen molar-refractivity contribution in [2.24, 2.45) is 5.92 Å². The highest BCUT2D eigenvalue weighted by Crippen LogP contribution is 2.05. The number of nitrogens with zero attached hydrogens (tertiary/aromatic N) is 1. The Morgan fingerprint density at radius 2 is 1.92 bits per heavy atom. The predicted octanol–water partition coefficient (Wildman–Crippen LogP) is 3.60. The average molecular weight is 180 g/mol. The van der Waals surface area contributed by atoms with Gasteiger partial charge in [0.15, 0.2) is 0 Å². The van der Waals surface area contributed by atoms with Gasteiger partial charge in [-0.25, -0.2) is 0 Å². The third kappa shape index (κ3) is 5.01. The maximum atomic E-state index is 3.80. The smallest absolute Gasteiger partial charge is 0.0644 e. The molecule has 13 heavy (non-hydrogen) atoms. The fourth-order valence-electron chi connectivity index (χ4n) is 0.632. The van der Waals surface area contributed by atoms with E-state index in [9.17, 15) is 0 Å². The van der Waals surface area contributed by atoms with Crippen LogP contribution in [-0.2, 0) is 0 Å². The Morgan fingerprint density at radius 1 is 1.38 bits per heavy atom. The molecule has 0 atom stereocenters. The second-order valence-corrected chi connectivity index (χ2v) is 3.38. The zero-order valence-electron chi connectivity index (χ0n) is 8.67. The number of hydrogen-bond donors (Lipinski definition) is 1. The molecule has 0 bridgehead atoms. The van der Waals surface area contributed by atoms with Gasteiger partial charge < -0.3 is 0 Å². The number of aromatic nitrogens is 2. The summed E-state index contributed by atoms with van der Waals surface area (Å²) in [7, 11) is 0. The van der Waals surface area contributed by atoms with Crippen LogP contribution in [-0.4, -0.2) is 10.2 Å². The van der Waals surface area contributed by atoms with Crippen molar-refractivity contribution in [3.63, 3.8) is 0 Å². The van der Waals surface area contributed by atoms with E-state index in [1.165, 1.54) is 0 Å². The lowest BCUT2D eigenvalue weighted by molar-refractivity contribution is 0.737. The first kappa shape index (κ1) is 11.7. The van der Waals surface area contributed by atoms with Gasteiger partial charge in [-0.1, -0.05) is 40.0 Å². The number of nitrogens with one attached hydrogen (secondary N) is 1. The quantitative estimate of drug-likeness (QED) is 0.740. The van der Waals surface area contributed by atoms with Gasteiger partial charge in [0.05, 0.1) is 11.9 Å². The Bertz CT molecular complexity index is 239. The van der Waals surface area contributed by atoms with E-state index in [4.69, 9.17) is 0 Å². The molecular weight excluding hydrogens is 160 g/mol. The zero-order chi connectivity index (χ0) is 10.3. The number of hydrogen-bond acceptors (Lipinski definition) is 1. The molecule has 0 aliphatic rings. The molecule has 1 aromatic rings. The molecule has 0 radical (unpaired) electrons. The Balaban J connectivity index is 0. The molecule has 0 unspecified atom stereocenters. The van der Waals surface area contributed by atoms with Gasteiger partial charge in [0.25, 0.3) is 0 Å². The monoisotopic (exact) mass is 180 g/mol. The second-order valence-electron chi connectivity index (χ2n) is 3.38. The Kier molecular flexibility index (Phi) is 5.60. The van der Waals surface area contributed by atoms with E-state index in [1.807, 2.05) is 0 Å². The van der Waals surface area contributed by atoms with Gasteiger partial charge >= 0.3 is 0 Å². The maximum Gasteiger partial charge on any atom is 0.0644 e. The lowest BCUT2D eigenvalue weighted by Gasteiger charge is -1.84. The summed E-state index contributed by atoms with van der Waals surface area (Å²) in [5.41, 5.74) is 1.91. The van der Waals surface area contributed by atoms with Gasteiger partial charge in [-0.3, -0.25) is 5.10 Å². The van der Waals surface area contributed by atoms with Gasteiger partial charge in [0, 0.05) is 6.99 Å². The maximum absolute atomic E-state index is 3.80. The number of rotatable bonds is 2. The molecule has 1 heterocycles. The molecule has 0 saturated heterocycles. The molecule has 1 aromatic heterocycles. The van der Waals surface area contributed by atoms with Crippen LogP contribution >= 0.6 is 0 Å². The Morgan fingerprint density at radius 3 is 2.23 bits per heavy atom. The second kappa shape index (κ2) is 6.23. The first-order valence-electron chi connectivity index (χ1n) is 4.40. The fraction of sp³-hybridized carbons (Fsp3) is 0.364. The van der Waals surface area contributed by atoms with Crippen LogP contribution in [0, 0.1) is 5.92 Å². The summed E-state index contributed by atoms with van der Waals surface area (Å²) in [6, 6.07) is 0. The fourth-order valence-corrected chi connectivity index (χ4v) is 0.632. The van der Waals surface area contributed by atoms with Crippen molar-refractivity contribution in [1.29, 1.82) is 0 Å². The van der Waals surface area contributed by atoms with Crippen LogP contribution in [0.5, 0.6) is 0 Å². The average Bonchev–Trinajstić information content (AvgIpc) is 2.49. The summed E-state index contributed by atoms with van der Waals surface area (Å²) in [5.74, 6) is 0.833. The van der Waals surface area contributed by atoms with E-state index in [1.54, 1.807) is 18.3 Å². The summed E-state index contributed by atoms with van der Waals surface area (Å²) >= 11 is 0. The number of H-pyrrole nitrogens is 1. The molecule has 1 rings (SSSR count). The van der Waals surface area contributed by atoms with Crippen LogP contribution in [0.2, 0.25) is 0 Å². The summed E-state index contributed by atoms with van der Waals surface area (Å²) in [5, 5.41) is 6.56. The van der Waals surface area contributed by atoms with Gasteiger partial charge in [0.1, 0.15) is 0 Å². The van der Waals surface area contributed by atoms with Crippen LogP contribution in [0.1, 0.15) is 33.5 Å². The highest BCUT2D eigenvalue weighted by Gasteiger charge is 1.92. The lowest BCUT2D eigenvalue weighted by atomic mass is 10.2. The van der Waals surface area contributed by atoms with E-state index >= 15 is 0 Å². The molecule has 2 nitrogen and oxygen atoms in total. The predicted molar refractivity (Wildman–Crippen MR) is 61.4 cm³/mol. The van der Waals surface area contributed by atoms with E-state index in [-0.39, 0.29) is 1.43 Å². The Hall–Kier alpha value is -1.31. The summed E-state index contributed by atoms with van der Waals surface area (Å²) in [4.78, 5) is 0. The number of aromatic amines is 1. The Labute approximate surface area is 81.9 Å². The molecule has 0 fully saturated rings. The normalized spacial score (nSPS) is 8.92. The van der Waals surface area contributed by atoms with Gasteiger partial charge in [-0.05, 0) is 12.0 Å². The molecule has 0 spiro atoms. The molecule has 0 aliphatic carbocycles. The molecule has 2 heteroatoms. The third-order valence-corrected chi connectivity index (χ3v) is 1.12. The largest absolute Gasteiger partial charge is 0.278 e. The highest BCUT2D eigenvalue weighted by molar-refractivity contribution is 5.59. The molecule has 74 valence electrons. The first-order chi connectivity index (χ1) is 6.11. The van der Waals surface area contributed by atoms with E-state index in [2.05, 4.69) is 44.1 Å². The zero-order valence-corrected chi connectivity index (χ0v) is 8.67. The highest BCUT2D eigenvalue weighted by atomic mass is 15.1. The van der Waals surface area contributed by atoms with Crippen molar-refractivity contribution < 1.29 is 1.43 Å². The van der Waals surface area contributed by atoms with E-state index in [0.717, 1.165) is 17.2 Å².